The lowest BCUT2D eigenvalue weighted by Crippen LogP contribution is -2.12. The molecular formula is C26H33N5O5. The molecule has 0 saturated carbocycles. The maximum absolute atomic E-state index is 6.01. The highest BCUT2D eigenvalue weighted by atomic mass is 16.5. The first kappa shape index (κ1) is 26.6. The van der Waals surface area contributed by atoms with Crippen molar-refractivity contribution in [2.75, 3.05) is 28.4 Å². The van der Waals surface area contributed by atoms with Crippen LogP contribution in [-0.2, 0) is 13.0 Å². The molecular weight excluding hydrogens is 462 g/mol. The fraction of sp³-hybridized carbons (Fsp3) is 0.346. The van der Waals surface area contributed by atoms with Gasteiger partial charge in [-0.05, 0) is 32.0 Å². The Morgan fingerprint density at radius 1 is 0.833 bits per heavy atom. The zero-order chi connectivity index (χ0) is 24.9. The number of fused-ring (bicyclic) bond motifs is 1. The number of ether oxygens (including phenoxy) is 5. The molecule has 3 N–H and O–H groups in total. The van der Waals surface area contributed by atoms with E-state index in [-0.39, 0.29) is 12.3 Å². The Morgan fingerprint density at radius 3 is 2.03 bits per heavy atom. The molecule has 10 nitrogen and oxygen atoms in total. The second-order valence-corrected chi connectivity index (χ2v) is 8.20. The van der Waals surface area contributed by atoms with Crippen molar-refractivity contribution in [2.24, 2.45) is 0 Å². The van der Waals surface area contributed by atoms with Crippen LogP contribution in [0, 0.1) is 0 Å². The van der Waals surface area contributed by atoms with Crippen LogP contribution in [0.25, 0.3) is 11.0 Å². The SMILES string of the molecule is COc1ccc(Cc2nc3cnnc(OC(C)C)c3n2Cc2ccc(OC)cc2OC)c(OC)c1.N. The van der Waals surface area contributed by atoms with Gasteiger partial charge < -0.3 is 34.4 Å². The summed E-state index contributed by atoms with van der Waals surface area (Å²) in [6.07, 6.45) is 2.10. The van der Waals surface area contributed by atoms with E-state index in [1.165, 1.54) is 0 Å². The monoisotopic (exact) mass is 495 g/mol. The molecule has 4 aromatic rings. The molecule has 2 heterocycles. The van der Waals surface area contributed by atoms with Gasteiger partial charge in [-0.1, -0.05) is 6.07 Å². The van der Waals surface area contributed by atoms with Gasteiger partial charge in [0.15, 0.2) is 0 Å². The lowest BCUT2D eigenvalue weighted by atomic mass is 10.1. The van der Waals surface area contributed by atoms with Gasteiger partial charge in [-0.25, -0.2) is 4.98 Å². The number of rotatable bonds is 10. The number of hydrogen-bond donors (Lipinski definition) is 1. The molecule has 0 aliphatic rings. The van der Waals surface area contributed by atoms with Gasteiger partial charge in [-0.15, -0.1) is 5.10 Å². The molecule has 192 valence electrons. The first-order chi connectivity index (χ1) is 17.0. The third-order valence-corrected chi connectivity index (χ3v) is 5.62. The fourth-order valence-electron chi connectivity index (χ4n) is 3.95. The van der Waals surface area contributed by atoms with Crippen molar-refractivity contribution in [3.63, 3.8) is 0 Å². The molecule has 0 spiro atoms. The number of imidazole rings is 1. The molecule has 0 saturated heterocycles. The van der Waals surface area contributed by atoms with Crippen molar-refractivity contribution >= 4 is 11.0 Å². The molecule has 0 aliphatic heterocycles. The van der Waals surface area contributed by atoms with Crippen molar-refractivity contribution in [3.05, 3.63) is 59.5 Å². The zero-order valence-corrected chi connectivity index (χ0v) is 21.6. The topological polar surface area (TPSA) is 125 Å². The number of methoxy groups -OCH3 is 4. The van der Waals surface area contributed by atoms with E-state index in [0.717, 1.165) is 39.7 Å². The van der Waals surface area contributed by atoms with Crippen molar-refractivity contribution in [3.8, 4) is 28.9 Å². The highest BCUT2D eigenvalue weighted by molar-refractivity contribution is 5.80. The Balaban J connectivity index is 0.00000361. The second-order valence-electron chi connectivity index (χ2n) is 8.20. The molecule has 2 aromatic heterocycles. The number of hydrogen-bond acceptors (Lipinski definition) is 9. The van der Waals surface area contributed by atoms with Gasteiger partial charge in [0.1, 0.15) is 39.9 Å². The van der Waals surface area contributed by atoms with Gasteiger partial charge in [-0.2, -0.15) is 5.10 Å². The van der Waals surface area contributed by atoms with Gasteiger partial charge in [0.25, 0.3) is 5.88 Å². The van der Waals surface area contributed by atoms with Crippen molar-refractivity contribution < 1.29 is 23.7 Å². The largest absolute Gasteiger partial charge is 0.497 e. The summed E-state index contributed by atoms with van der Waals surface area (Å²) in [5.74, 6) is 4.13. The molecule has 36 heavy (non-hydrogen) atoms. The Kier molecular flexibility index (Phi) is 8.55. The van der Waals surface area contributed by atoms with Crippen LogP contribution in [0.1, 0.15) is 30.8 Å². The van der Waals surface area contributed by atoms with E-state index in [1.807, 2.05) is 50.2 Å². The highest BCUT2D eigenvalue weighted by Crippen LogP contribution is 2.32. The molecule has 2 aromatic carbocycles. The molecule has 0 fully saturated rings. The zero-order valence-electron chi connectivity index (χ0n) is 21.6. The molecule has 0 radical (unpaired) electrons. The summed E-state index contributed by atoms with van der Waals surface area (Å²) in [6, 6.07) is 11.5. The van der Waals surface area contributed by atoms with Crippen LogP contribution in [0.5, 0.6) is 28.9 Å². The maximum Gasteiger partial charge on any atom is 0.260 e. The number of aromatic nitrogens is 4. The third-order valence-electron chi connectivity index (χ3n) is 5.62. The number of benzene rings is 2. The van der Waals surface area contributed by atoms with Crippen LogP contribution in [-0.4, -0.2) is 54.3 Å². The van der Waals surface area contributed by atoms with Gasteiger partial charge >= 0.3 is 0 Å². The predicted molar refractivity (Wildman–Crippen MR) is 137 cm³/mol. The maximum atomic E-state index is 6.01. The van der Waals surface area contributed by atoms with Crippen molar-refractivity contribution in [2.45, 2.75) is 32.9 Å². The Bertz CT molecular complexity index is 1320. The molecule has 0 aliphatic carbocycles. The van der Waals surface area contributed by atoms with E-state index >= 15 is 0 Å². The molecule has 0 bridgehead atoms. The average Bonchev–Trinajstić information content (AvgIpc) is 3.21. The van der Waals surface area contributed by atoms with Gasteiger partial charge in [0, 0.05) is 29.7 Å². The van der Waals surface area contributed by atoms with Crippen LogP contribution < -0.4 is 29.8 Å². The normalized spacial score (nSPS) is 10.8. The minimum absolute atomic E-state index is 0. The standard InChI is InChI=1S/C26H30N4O5.H3N/c1-16(2)35-26-25-21(14-27-29-26)28-24(11-17-7-9-19(31-3)12-22(17)33-5)30(25)15-18-8-10-20(32-4)13-23(18)34-6;/h7-10,12-14,16H,11,15H2,1-6H3;1H3. The highest BCUT2D eigenvalue weighted by Gasteiger charge is 2.21. The first-order valence-corrected chi connectivity index (χ1v) is 11.3. The van der Waals surface area contributed by atoms with Crippen molar-refractivity contribution in [1.82, 2.24) is 25.9 Å². The Hall–Kier alpha value is -4.05. The summed E-state index contributed by atoms with van der Waals surface area (Å²) in [5.41, 5.74) is 3.40. The second kappa shape index (κ2) is 11.6. The average molecular weight is 496 g/mol. The fourth-order valence-corrected chi connectivity index (χ4v) is 3.95. The molecule has 0 amide bonds. The van der Waals surface area contributed by atoms with E-state index in [1.54, 1.807) is 34.6 Å². The lowest BCUT2D eigenvalue weighted by Gasteiger charge is -2.16. The van der Waals surface area contributed by atoms with Gasteiger partial charge in [0.05, 0.1) is 47.3 Å². The van der Waals surface area contributed by atoms with Gasteiger partial charge in [-0.3, -0.25) is 0 Å². The quantitative estimate of drug-likeness (QED) is 0.340. The summed E-state index contributed by atoms with van der Waals surface area (Å²) < 4.78 is 30.1. The minimum atomic E-state index is -0.0705. The summed E-state index contributed by atoms with van der Waals surface area (Å²) in [4.78, 5) is 4.91. The summed E-state index contributed by atoms with van der Waals surface area (Å²) in [7, 11) is 6.55. The lowest BCUT2D eigenvalue weighted by molar-refractivity contribution is 0.232. The first-order valence-electron chi connectivity index (χ1n) is 11.3. The molecule has 10 heteroatoms. The molecule has 0 atom stereocenters. The van der Waals surface area contributed by atoms with Crippen LogP contribution in [0.3, 0.4) is 0 Å². The van der Waals surface area contributed by atoms with E-state index in [9.17, 15) is 0 Å². The van der Waals surface area contributed by atoms with Crippen LogP contribution >= 0.6 is 0 Å². The molecule has 0 unspecified atom stereocenters. The van der Waals surface area contributed by atoms with Crippen LogP contribution in [0.15, 0.2) is 42.6 Å². The molecule has 4 rings (SSSR count). The predicted octanol–water partition coefficient (Wildman–Crippen LogP) is 4.45. The summed E-state index contributed by atoms with van der Waals surface area (Å²) in [6.45, 7) is 4.39. The van der Waals surface area contributed by atoms with E-state index in [2.05, 4.69) is 14.8 Å². The smallest absolute Gasteiger partial charge is 0.260 e. The van der Waals surface area contributed by atoms with Gasteiger partial charge in [0.2, 0.25) is 0 Å². The van der Waals surface area contributed by atoms with E-state index in [4.69, 9.17) is 28.7 Å². The Labute approximate surface area is 210 Å². The Morgan fingerprint density at radius 2 is 1.44 bits per heavy atom. The van der Waals surface area contributed by atoms with Crippen molar-refractivity contribution in [1.29, 1.82) is 0 Å². The summed E-state index contributed by atoms with van der Waals surface area (Å²) in [5, 5.41) is 8.38. The van der Waals surface area contributed by atoms with E-state index < -0.39 is 0 Å². The van der Waals surface area contributed by atoms with Crippen LogP contribution in [0.2, 0.25) is 0 Å². The van der Waals surface area contributed by atoms with Crippen LogP contribution in [0.4, 0.5) is 0 Å². The summed E-state index contributed by atoms with van der Waals surface area (Å²) >= 11 is 0. The number of nitrogens with zero attached hydrogens (tertiary/aromatic N) is 4. The minimum Gasteiger partial charge on any atom is -0.497 e. The third kappa shape index (κ3) is 5.44. The van der Waals surface area contributed by atoms with E-state index in [0.29, 0.717) is 30.1 Å².